The number of benzene rings is 5. The Balaban J connectivity index is 1.08. The van der Waals surface area contributed by atoms with Crippen LogP contribution in [0.4, 0.5) is 28.4 Å². The predicted molar refractivity (Wildman–Crippen MR) is 199 cm³/mol. The second kappa shape index (κ2) is 15.5. The Bertz CT molecular complexity index is 1860. The minimum Gasteiger partial charge on any atom is -0.314 e. The Morgan fingerprint density at radius 2 is 0.958 bits per heavy atom. The van der Waals surface area contributed by atoms with E-state index in [2.05, 4.69) is 77.4 Å². The van der Waals surface area contributed by atoms with Gasteiger partial charge in [0.2, 0.25) is 0 Å². The molecule has 0 bridgehead atoms. The molecule has 1 unspecified atom stereocenters. The number of carbonyl (C=O) groups is 2. The number of hydrogen-bond acceptors (Lipinski definition) is 4. The van der Waals surface area contributed by atoms with Crippen LogP contribution in [0.15, 0.2) is 187 Å². The number of allylic oxidation sites excluding steroid dienone is 7. The van der Waals surface area contributed by atoms with Gasteiger partial charge in [-0.15, -0.1) is 0 Å². The normalized spacial score (nSPS) is 14.4. The predicted octanol–water partition coefficient (Wildman–Crippen LogP) is 10.9. The third-order valence-electron chi connectivity index (χ3n) is 8.28. The zero-order chi connectivity index (χ0) is 33.1. The molecule has 0 saturated heterocycles. The highest BCUT2D eigenvalue weighted by atomic mass is 16.1. The Morgan fingerprint density at radius 3 is 1.42 bits per heavy atom. The van der Waals surface area contributed by atoms with Crippen molar-refractivity contribution in [3.63, 3.8) is 0 Å². The number of anilines is 5. The molecule has 48 heavy (non-hydrogen) atoms. The molecule has 0 aliphatic heterocycles. The average Bonchev–Trinajstić information content (AvgIpc) is 3.13. The first kappa shape index (κ1) is 32.0. The van der Waals surface area contributed by atoms with Crippen LogP contribution in [0.2, 0.25) is 0 Å². The minimum atomic E-state index is -0.224. The number of carbonyl (C=O) groups excluding carboxylic acids is 2. The second-order valence-electron chi connectivity index (χ2n) is 11.8. The van der Waals surface area contributed by atoms with Crippen molar-refractivity contribution in [3.05, 3.63) is 193 Å². The summed E-state index contributed by atoms with van der Waals surface area (Å²) in [5.41, 5.74) is 8.48. The number of nitrogens with zero attached hydrogens (tertiary/aromatic N) is 2. The maximum atomic E-state index is 12.7. The van der Waals surface area contributed by atoms with Crippen LogP contribution < -0.4 is 9.80 Å². The molecule has 0 spiro atoms. The van der Waals surface area contributed by atoms with Crippen molar-refractivity contribution in [3.8, 4) is 0 Å². The first-order chi connectivity index (χ1) is 23.5. The van der Waals surface area contributed by atoms with Crippen molar-refractivity contribution < 1.29 is 9.59 Å². The van der Waals surface area contributed by atoms with Gasteiger partial charge < -0.3 is 9.80 Å². The lowest BCUT2D eigenvalue weighted by atomic mass is 9.90. The fourth-order valence-electron chi connectivity index (χ4n) is 5.92. The van der Waals surface area contributed by atoms with Gasteiger partial charge in [0.1, 0.15) is 0 Å². The van der Waals surface area contributed by atoms with Crippen molar-refractivity contribution in [2.24, 2.45) is 5.92 Å². The fraction of sp³-hybridized carbons (Fsp3) is 0.0909. The lowest BCUT2D eigenvalue weighted by molar-refractivity contribution is -0.121. The SMILES string of the molecule is CC1CC(/C=C/C(=O)CC(=O)/C=C/c2ccc(N(c3ccccc3)c3ccccc3)cc2)=CC=C1N(c1ccccc1)c1ccccc1. The van der Waals surface area contributed by atoms with Gasteiger partial charge in [-0.1, -0.05) is 110 Å². The summed E-state index contributed by atoms with van der Waals surface area (Å²) in [5.74, 6) is -0.202. The van der Waals surface area contributed by atoms with Crippen molar-refractivity contribution in [2.75, 3.05) is 9.80 Å². The molecule has 5 aromatic carbocycles. The fourth-order valence-corrected chi connectivity index (χ4v) is 5.92. The van der Waals surface area contributed by atoms with Crippen LogP contribution in [0.5, 0.6) is 0 Å². The molecule has 5 aromatic rings. The van der Waals surface area contributed by atoms with Gasteiger partial charge in [0.05, 0.1) is 6.42 Å². The molecule has 0 fully saturated rings. The lowest BCUT2D eigenvalue weighted by Crippen LogP contribution is -2.23. The van der Waals surface area contributed by atoms with Gasteiger partial charge in [-0.05, 0) is 96.4 Å². The Hall–Kier alpha value is -6.00. The first-order valence-electron chi connectivity index (χ1n) is 16.3. The van der Waals surface area contributed by atoms with Gasteiger partial charge in [0.25, 0.3) is 0 Å². The third kappa shape index (κ3) is 8.04. The molecule has 0 aromatic heterocycles. The topological polar surface area (TPSA) is 40.6 Å². The van der Waals surface area contributed by atoms with Crippen molar-refractivity contribution in [1.82, 2.24) is 0 Å². The molecule has 1 aliphatic carbocycles. The van der Waals surface area contributed by atoms with Crippen molar-refractivity contribution in [1.29, 1.82) is 0 Å². The van der Waals surface area contributed by atoms with E-state index in [1.54, 1.807) is 6.08 Å². The molecule has 4 nitrogen and oxygen atoms in total. The molecule has 0 amide bonds. The summed E-state index contributed by atoms with van der Waals surface area (Å²) >= 11 is 0. The van der Waals surface area contributed by atoms with E-state index < -0.39 is 0 Å². The molecule has 6 rings (SSSR count). The molecular formula is C44H38N2O2. The van der Waals surface area contributed by atoms with Crippen LogP contribution in [0, 0.1) is 5.92 Å². The minimum absolute atomic E-state index is 0.166. The molecule has 236 valence electrons. The van der Waals surface area contributed by atoms with Crippen LogP contribution in [0.1, 0.15) is 25.3 Å². The van der Waals surface area contributed by atoms with Crippen LogP contribution in [-0.4, -0.2) is 11.6 Å². The zero-order valence-electron chi connectivity index (χ0n) is 27.0. The summed E-state index contributed by atoms with van der Waals surface area (Å²) in [6.07, 6.45) is 11.5. The van der Waals surface area contributed by atoms with E-state index >= 15 is 0 Å². The number of rotatable bonds is 12. The van der Waals surface area contributed by atoms with Crippen molar-refractivity contribution in [2.45, 2.75) is 19.8 Å². The first-order valence-corrected chi connectivity index (χ1v) is 16.3. The van der Waals surface area contributed by atoms with E-state index in [1.165, 1.54) is 17.8 Å². The molecule has 1 aliphatic rings. The third-order valence-corrected chi connectivity index (χ3v) is 8.28. The highest BCUT2D eigenvalue weighted by Gasteiger charge is 2.22. The molecule has 0 radical (unpaired) electrons. The summed E-state index contributed by atoms with van der Waals surface area (Å²) in [7, 11) is 0. The average molecular weight is 627 g/mol. The monoisotopic (exact) mass is 626 g/mol. The Kier molecular flexibility index (Phi) is 10.3. The highest BCUT2D eigenvalue weighted by Crippen LogP contribution is 2.37. The summed E-state index contributed by atoms with van der Waals surface area (Å²) in [4.78, 5) is 29.9. The highest BCUT2D eigenvalue weighted by molar-refractivity contribution is 6.09. The van der Waals surface area contributed by atoms with Crippen LogP contribution in [0.25, 0.3) is 6.08 Å². The molecule has 1 atom stereocenters. The van der Waals surface area contributed by atoms with Gasteiger partial charge in [-0.3, -0.25) is 9.59 Å². The molecular weight excluding hydrogens is 588 g/mol. The van der Waals surface area contributed by atoms with Gasteiger partial charge >= 0.3 is 0 Å². The van der Waals surface area contributed by atoms with E-state index in [0.717, 1.165) is 46.0 Å². The Morgan fingerprint density at radius 1 is 0.542 bits per heavy atom. The summed E-state index contributed by atoms with van der Waals surface area (Å²) < 4.78 is 0. The maximum absolute atomic E-state index is 12.7. The summed E-state index contributed by atoms with van der Waals surface area (Å²) in [5, 5.41) is 0. The van der Waals surface area contributed by atoms with E-state index in [-0.39, 0.29) is 23.9 Å². The summed E-state index contributed by atoms with van der Waals surface area (Å²) in [6, 6.07) is 49.2. The van der Waals surface area contributed by atoms with E-state index in [9.17, 15) is 9.59 Å². The van der Waals surface area contributed by atoms with E-state index in [4.69, 9.17) is 0 Å². The maximum Gasteiger partial charge on any atom is 0.163 e. The van der Waals surface area contributed by atoms with E-state index in [1.807, 2.05) is 103 Å². The van der Waals surface area contributed by atoms with E-state index in [0.29, 0.717) is 0 Å². The molecule has 0 saturated carbocycles. The molecule has 0 heterocycles. The van der Waals surface area contributed by atoms with Crippen molar-refractivity contribution >= 4 is 46.1 Å². The smallest absolute Gasteiger partial charge is 0.163 e. The standard InChI is InChI=1S/C44H38N2O2/c1-34-32-36(26-31-44(34)46(39-18-10-4-11-19-39)40-20-12-5-13-21-40)25-30-43(48)33-42(47)29-24-35-22-27-41(28-23-35)45(37-14-6-2-7-15-37)38-16-8-3-9-17-38/h2-31,34H,32-33H2,1H3/b29-24+,30-25+. The van der Waals surface area contributed by atoms with Crippen LogP contribution in [-0.2, 0) is 9.59 Å². The second-order valence-corrected chi connectivity index (χ2v) is 11.8. The van der Waals surface area contributed by atoms with Crippen LogP contribution >= 0.6 is 0 Å². The lowest BCUT2D eigenvalue weighted by Gasteiger charge is -2.33. The molecule has 4 heteroatoms. The van der Waals surface area contributed by atoms with Gasteiger partial charge in [0, 0.05) is 40.1 Å². The van der Waals surface area contributed by atoms with Crippen LogP contribution in [0.3, 0.4) is 0 Å². The summed E-state index contributed by atoms with van der Waals surface area (Å²) in [6.45, 7) is 2.20. The van der Waals surface area contributed by atoms with Gasteiger partial charge in [-0.25, -0.2) is 0 Å². The largest absolute Gasteiger partial charge is 0.314 e. The quantitative estimate of drug-likeness (QED) is 0.102. The number of para-hydroxylation sites is 4. The van der Waals surface area contributed by atoms with Gasteiger partial charge in [0.15, 0.2) is 11.6 Å². The molecule has 0 N–H and O–H groups in total. The Labute approximate surface area is 283 Å². The van der Waals surface area contributed by atoms with Gasteiger partial charge in [-0.2, -0.15) is 0 Å². The number of ketones is 2. The number of hydrogen-bond donors (Lipinski definition) is 0. The zero-order valence-corrected chi connectivity index (χ0v) is 27.0.